The summed E-state index contributed by atoms with van der Waals surface area (Å²) in [5, 5.41) is 3.64. The number of carbonyl (C=O) groups excluding carboxylic acids is 1. The molecule has 2 aromatic rings. The van der Waals surface area contributed by atoms with Crippen molar-refractivity contribution in [3.05, 3.63) is 59.5 Å². The first-order valence-corrected chi connectivity index (χ1v) is 7.17. The average Bonchev–Trinajstić information content (AvgIpc) is 2.86. The molecule has 1 amide bonds. The second kappa shape index (κ2) is 5.61. The number of carbonyl (C=O) groups is 1. The van der Waals surface area contributed by atoms with Gasteiger partial charge < -0.3 is 9.73 Å². The Kier molecular flexibility index (Phi) is 4.10. The van der Waals surface area contributed by atoms with Gasteiger partial charge in [0.1, 0.15) is 0 Å². The number of alkyl halides is 1. The largest absolute Gasteiger partial charge is 0.459 e. The van der Waals surface area contributed by atoms with E-state index in [1.807, 2.05) is 44.2 Å². The van der Waals surface area contributed by atoms with Crippen LogP contribution < -0.4 is 5.32 Å². The lowest BCUT2D eigenvalue weighted by atomic mass is 9.94. The Morgan fingerprint density at radius 1 is 1.32 bits per heavy atom. The zero-order valence-corrected chi connectivity index (χ0v) is 12.5. The summed E-state index contributed by atoms with van der Waals surface area (Å²) in [6.07, 6.45) is 1.53. The highest BCUT2D eigenvalue weighted by Gasteiger charge is 2.29. The third-order valence-corrected chi connectivity index (χ3v) is 4.26. The van der Waals surface area contributed by atoms with Crippen molar-refractivity contribution in [3.63, 3.8) is 0 Å². The average molecular weight is 322 g/mol. The second-order valence-corrected chi connectivity index (χ2v) is 5.28. The van der Waals surface area contributed by atoms with E-state index in [2.05, 4.69) is 21.2 Å². The van der Waals surface area contributed by atoms with Crippen LogP contribution in [0.25, 0.3) is 0 Å². The van der Waals surface area contributed by atoms with Crippen molar-refractivity contribution in [2.45, 2.75) is 19.4 Å². The lowest BCUT2D eigenvalue weighted by molar-refractivity contribution is 0.0884. The second-order valence-electron chi connectivity index (χ2n) is 4.72. The Morgan fingerprint density at radius 2 is 2.00 bits per heavy atom. The van der Waals surface area contributed by atoms with E-state index in [0.717, 1.165) is 11.1 Å². The van der Waals surface area contributed by atoms with Gasteiger partial charge in [-0.25, -0.2) is 0 Å². The van der Waals surface area contributed by atoms with Gasteiger partial charge in [-0.1, -0.05) is 46.3 Å². The number of rotatable bonds is 4. The van der Waals surface area contributed by atoms with E-state index in [9.17, 15) is 4.79 Å². The molecule has 0 fully saturated rings. The predicted octanol–water partition coefficient (Wildman–Crippen LogP) is 3.63. The standard InChI is InChI=1S/C15H16BrNO2/c1-11-8-9-19-13(11)14(18)17-15(2,10-16)12-6-4-3-5-7-12/h3-9H,10H2,1-2H3,(H,17,18). The molecule has 3 nitrogen and oxygen atoms in total. The minimum atomic E-state index is -0.475. The lowest BCUT2D eigenvalue weighted by Crippen LogP contribution is -2.45. The van der Waals surface area contributed by atoms with Crippen molar-refractivity contribution in [2.24, 2.45) is 0 Å². The molecule has 0 radical (unpaired) electrons. The van der Waals surface area contributed by atoms with Gasteiger partial charge in [-0.2, -0.15) is 0 Å². The van der Waals surface area contributed by atoms with Crippen LogP contribution in [-0.2, 0) is 5.54 Å². The molecule has 1 aromatic carbocycles. The minimum Gasteiger partial charge on any atom is -0.459 e. The fraction of sp³-hybridized carbons (Fsp3) is 0.267. The molecule has 1 unspecified atom stereocenters. The number of hydrogen-bond acceptors (Lipinski definition) is 2. The molecular weight excluding hydrogens is 306 g/mol. The van der Waals surface area contributed by atoms with Gasteiger partial charge >= 0.3 is 0 Å². The Hall–Kier alpha value is -1.55. The maximum absolute atomic E-state index is 12.2. The van der Waals surface area contributed by atoms with Crippen molar-refractivity contribution in [1.82, 2.24) is 5.32 Å². The normalized spacial score (nSPS) is 13.8. The summed E-state index contributed by atoms with van der Waals surface area (Å²) in [7, 11) is 0. The Morgan fingerprint density at radius 3 is 2.53 bits per heavy atom. The summed E-state index contributed by atoms with van der Waals surface area (Å²) in [5.41, 5.74) is 1.41. The molecule has 100 valence electrons. The van der Waals surface area contributed by atoms with E-state index >= 15 is 0 Å². The molecule has 1 atom stereocenters. The maximum atomic E-state index is 12.2. The fourth-order valence-electron chi connectivity index (χ4n) is 1.90. The maximum Gasteiger partial charge on any atom is 0.287 e. The molecule has 0 saturated carbocycles. The van der Waals surface area contributed by atoms with Crippen LogP contribution in [-0.4, -0.2) is 11.2 Å². The van der Waals surface area contributed by atoms with Gasteiger partial charge in [-0.3, -0.25) is 4.79 Å². The Labute approximate surface area is 121 Å². The quantitative estimate of drug-likeness (QED) is 0.874. The first kappa shape index (κ1) is 13.9. The summed E-state index contributed by atoms with van der Waals surface area (Å²) < 4.78 is 5.22. The van der Waals surface area contributed by atoms with Crippen molar-refractivity contribution >= 4 is 21.8 Å². The summed E-state index contributed by atoms with van der Waals surface area (Å²) in [6, 6.07) is 11.6. The van der Waals surface area contributed by atoms with E-state index in [-0.39, 0.29) is 5.91 Å². The highest BCUT2D eigenvalue weighted by atomic mass is 79.9. The zero-order valence-electron chi connectivity index (χ0n) is 10.9. The highest BCUT2D eigenvalue weighted by molar-refractivity contribution is 9.09. The van der Waals surface area contributed by atoms with Crippen molar-refractivity contribution in [2.75, 3.05) is 5.33 Å². The fourth-order valence-corrected chi connectivity index (χ4v) is 2.37. The summed E-state index contributed by atoms with van der Waals surface area (Å²) in [6.45, 7) is 3.83. The topological polar surface area (TPSA) is 42.2 Å². The third kappa shape index (κ3) is 2.89. The van der Waals surface area contributed by atoms with Gasteiger partial charge in [0.15, 0.2) is 5.76 Å². The van der Waals surface area contributed by atoms with Crippen LogP contribution in [0.1, 0.15) is 28.6 Å². The van der Waals surface area contributed by atoms with Crippen LogP contribution in [0.2, 0.25) is 0 Å². The molecule has 2 rings (SSSR count). The molecule has 0 saturated heterocycles. The number of amides is 1. The van der Waals surface area contributed by atoms with Gasteiger partial charge in [0, 0.05) is 10.9 Å². The third-order valence-electron chi connectivity index (χ3n) is 3.14. The Bertz CT molecular complexity index is 565. The number of benzene rings is 1. The Balaban J connectivity index is 2.25. The molecule has 1 heterocycles. The summed E-state index contributed by atoms with van der Waals surface area (Å²) in [4.78, 5) is 12.2. The predicted molar refractivity (Wildman–Crippen MR) is 78.5 cm³/mol. The summed E-state index contributed by atoms with van der Waals surface area (Å²) >= 11 is 3.47. The van der Waals surface area contributed by atoms with Gasteiger partial charge in [-0.05, 0) is 25.5 Å². The van der Waals surface area contributed by atoms with Crippen molar-refractivity contribution < 1.29 is 9.21 Å². The minimum absolute atomic E-state index is 0.201. The first-order valence-electron chi connectivity index (χ1n) is 6.05. The molecular formula is C15H16BrNO2. The SMILES string of the molecule is Cc1ccoc1C(=O)NC(C)(CBr)c1ccccc1. The number of nitrogens with one attached hydrogen (secondary N) is 1. The number of furan rings is 1. The molecule has 0 aliphatic carbocycles. The van der Waals surface area contributed by atoms with Crippen LogP contribution in [0.4, 0.5) is 0 Å². The number of aryl methyl sites for hydroxylation is 1. The monoisotopic (exact) mass is 321 g/mol. The lowest BCUT2D eigenvalue weighted by Gasteiger charge is -2.29. The number of hydrogen-bond donors (Lipinski definition) is 1. The van der Waals surface area contributed by atoms with E-state index < -0.39 is 5.54 Å². The van der Waals surface area contributed by atoms with E-state index in [4.69, 9.17) is 4.42 Å². The smallest absolute Gasteiger partial charge is 0.287 e. The van der Waals surface area contributed by atoms with Crippen LogP contribution in [0.15, 0.2) is 47.1 Å². The van der Waals surface area contributed by atoms with E-state index in [1.54, 1.807) is 6.07 Å². The molecule has 0 aliphatic rings. The van der Waals surface area contributed by atoms with Crippen molar-refractivity contribution in [1.29, 1.82) is 0 Å². The number of halogens is 1. The summed E-state index contributed by atoms with van der Waals surface area (Å²) in [5.74, 6) is 0.163. The highest BCUT2D eigenvalue weighted by Crippen LogP contribution is 2.24. The molecule has 0 bridgehead atoms. The van der Waals surface area contributed by atoms with E-state index in [0.29, 0.717) is 11.1 Å². The van der Waals surface area contributed by atoms with Crippen LogP contribution in [0.5, 0.6) is 0 Å². The van der Waals surface area contributed by atoms with Crippen LogP contribution in [0.3, 0.4) is 0 Å². The van der Waals surface area contributed by atoms with Gasteiger partial charge in [-0.15, -0.1) is 0 Å². The van der Waals surface area contributed by atoms with Gasteiger partial charge in [0.2, 0.25) is 0 Å². The molecule has 19 heavy (non-hydrogen) atoms. The van der Waals surface area contributed by atoms with Gasteiger partial charge in [0.05, 0.1) is 11.8 Å². The zero-order chi connectivity index (χ0) is 13.9. The van der Waals surface area contributed by atoms with Crippen LogP contribution >= 0.6 is 15.9 Å². The first-order chi connectivity index (χ1) is 9.07. The molecule has 0 spiro atoms. The molecule has 1 N–H and O–H groups in total. The molecule has 4 heteroatoms. The molecule has 1 aromatic heterocycles. The van der Waals surface area contributed by atoms with Gasteiger partial charge in [0.25, 0.3) is 5.91 Å². The van der Waals surface area contributed by atoms with Crippen molar-refractivity contribution in [3.8, 4) is 0 Å². The van der Waals surface area contributed by atoms with E-state index in [1.165, 1.54) is 6.26 Å². The van der Waals surface area contributed by atoms with Crippen LogP contribution in [0, 0.1) is 6.92 Å². The molecule has 0 aliphatic heterocycles.